The van der Waals surface area contributed by atoms with E-state index in [-0.39, 0.29) is 41.1 Å². The zero-order chi connectivity index (χ0) is 22.1. The number of benzene rings is 2. The van der Waals surface area contributed by atoms with Crippen molar-refractivity contribution < 1.29 is 9.18 Å². The van der Waals surface area contributed by atoms with Gasteiger partial charge in [-0.1, -0.05) is 36.4 Å². The van der Waals surface area contributed by atoms with E-state index < -0.39 is 0 Å². The van der Waals surface area contributed by atoms with Gasteiger partial charge >= 0.3 is 0 Å². The Morgan fingerprint density at radius 2 is 1.94 bits per heavy atom. The summed E-state index contributed by atoms with van der Waals surface area (Å²) in [6.07, 6.45) is 4.59. The third-order valence-corrected chi connectivity index (χ3v) is 7.34. The van der Waals surface area contributed by atoms with Gasteiger partial charge in [0, 0.05) is 56.7 Å². The van der Waals surface area contributed by atoms with Crippen LogP contribution in [0.3, 0.4) is 0 Å². The summed E-state index contributed by atoms with van der Waals surface area (Å²) >= 11 is 0. The van der Waals surface area contributed by atoms with Crippen molar-refractivity contribution >= 4 is 41.5 Å². The molecule has 176 valence electrons. The first-order chi connectivity index (χ1) is 15.6. The molecule has 0 aromatic heterocycles. The van der Waals surface area contributed by atoms with Crippen LogP contribution in [0.25, 0.3) is 0 Å². The summed E-state index contributed by atoms with van der Waals surface area (Å²) in [5, 5.41) is 3.55. The molecule has 1 atom stereocenters. The number of halogens is 2. The molecule has 1 unspecified atom stereocenters. The molecule has 1 saturated carbocycles. The highest BCUT2D eigenvalue weighted by molar-refractivity contribution is 14.0. The minimum atomic E-state index is -0.143. The number of likely N-dealkylation sites (tertiary alicyclic amines) is 1. The van der Waals surface area contributed by atoms with Gasteiger partial charge in [0.05, 0.1) is 0 Å². The van der Waals surface area contributed by atoms with Gasteiger partial charge in [-0.15, -0.1) is 24.0 Å². The number of anilines is 1. The van der Waals surface area contributed by atoms with Gasteiger partial charge in [0.2, 0.25) is 5.91 Å². The van der Waals surface area contributed by atoms with Gasteiger partial charge in [-0.05, 0) is 48.9 Å². The number of nitrogens with zero attached hydrogens (tertiary/aromatic N) is 3. The number of para-hydroxylation sites is 1. The molecule has 0 bridgehead atoms. The van der Waals surface area contributed by atoms with Crippen LogP contribution in [0.5, 0.6) is 0 Å². The Morgan fingerprint density at radius 3 is 2.64 bits per heavy atom. The van der Waals surface area contributed by atoms with Gasteiger partial charge in [0.25, 0.3) is 0 Å². The van der Waals surface area contributed by atoms with E-state index in [4.69, 9.17) is 0 Å². The van der Waals surface area contributed by atoms with Crippen LogP contribution in [-0.2, 0) is 10.2 Å². The predicted molar refractivity (Wildman–Crippen MR) is 141 cm³/mol. The Morgan fingerprint density at radius 1 is 1.18 bits per heavy atom. The fourth-order valence-corrected chi connectivity index (χ4v) is 5.32. The highest BCUT2D eigenvalue weighted by Gasteiger charge is 2.46. The second kappa shape index (κ2) is 9.99. The number of carbonyl (C=O) groups excluding carboxylic acids is 1. The van der Waals surface area contributed by atoms with Crippen molar-refractivity contribution in [1.29, 1.82) is 0 Å². The molecule has 2 aliphatic heterocycles. The molecule has 0 spiro atoms. The molecule has 2 aromatic carbocycles. The Hall–Kier alpha value is -2.16. The summed E-state index contributed by atoms with van der Waals surface area (Å²) in [4.78, 5) is 20.9. The second-order valence-corrected chi connectivity index (χ2v) is 9.30. The number of carbonyl (C=O) groups is 1. The van der Waals surface area contributed by atoms with E-state index in [1.807, 2.05) is 24.1 Å². The molecule has 1 aliphatic carbocycles. The quantitative estimate of drug-likeness (QED) is 0.317. The molecule has 3 aliphatic rings. The van der Waals surface area contributed by atoms with Crippen molar-refractivity contribution in [3.8, 4) is 0 Å². The summed E-state index contributed by atoms with van der Waals surface area (Å²) < 4.78 is 14.4. The van der Waals surface area contributed by atoms with Gasteiger partial charge < -0.3 is 15.1 Å². The van der Waals surface area contributed by atoms with Crippen LogP contribution in [0.1, 0.15) is 49.1 Å². The summed E-state index contributed by atoms with van der Waals surface area (Å²) in [7, 11) is 1.81. The monoisotopic (exact) mass is 562 g/mol. The van der Waals surface area contributed by atoms with Gasteiger partial charge in [-0.3, -0.25) is 9.79 Å². The number of amides is 1. The van der Waals surface area contributed by atoms with Crippen LogP contribution in [-0.4, -0.2) is 50.0 Å². The van der Waals surface area contributed by atoms with Gasteiger partial charge in [0.1, 0.15) is 5.82 Å². The topological polar surface area (TPSA) is 47.9 Å². The van der Waals surface area contributed by atoms with Crippen LogP contribution >= 0.6 is 24.0 Å². The summed E-state index contributed by atoms with van der Waals surface area (Å²) in [5.74, 6) is 1.36. The van der Waals surface area contributed by atoms with E-state index in [9.17, 15) is 9.18 Å². The third-order valence-electron chi connectivity index (χ3n) is 7.34. The van der Waals surface area contributed by atoms with Gasteiger partial charge in [0.15, 0.2) is 5.96 Å². The van der Waals surface area contributed by atoms with Crippen molar-refractivity contribution in [2.45, 2.75) is 43.4 Å². The number of rotatable bonds is 6. The Balaban J connectivity index is 0.00000259. The Kier molecular flexibility index (Phi) is 7.26. The molecule has 33 heavy (non-hydrogen) atoms. The number of nitrogens with one attached hydrogen (secondary N) is 1. The molecule has 0 radical (unpaired) electrons. The largest absolute Gasteiger partial charge is 0.355 e. The Bertz CT molecular complexity index is 1040. The number of hydrogen-bond donors (Lipinski definition) is 1. The highest BCUT2D eigenvalue weighted by atomic mass is 127. The maximum absolute atomic E-state index is 14.4. The molecule has 2 heterocycles. The molecular formula is C26H32FIN4O. The van der Waals surface area contributed by atoms with Crippen molar-refractivity contribution in [3.05, 3.63) is 65.5 Å². The third kappa shape index (κ3) is 4.74. The van der Waals surface area contributed by atoms with Crippen molar-refractivity contribution in [2.75, 3.05) is 38.1 Å². The first-order valence-electron chi connectivity index (χ1n) is 11.7. The molecule has 1 saturated heterocycles. The number of aliphatic imine (C=N–C) groups is 1. The van der Waals surface area contributed by atoms with Crippen LogP contribution in [0.15, 0.2) is 53.5 Å². The molecule has 1 N–H and O–H groups in total. The lowest BCUT2D eigenvalue weighted by Crippen LogP contribution is -2.44. The van der Waals surface area contributed by atoms with E-state index in [0.29, 0.717) is 18.9 Å². The van der Waals surface area contributed by atoms with Crippen LogP contribution in [0.2, 0.25) is 0 Å². The minimum Gasteiger partial charge on any atom is -0.355 e. The fourth-order valence-electron chi connectivity index (χ4n) is 5.32. The Labute approximate surface area is 212 Å². The first-order valence-corrected chi connectivity index (χ1v) is 11.7. The maximum Gasteiger partial charge on any atom is 0.222 e. The predicted octanol–water partition coefficient (Wildman–Crippen LogP) is 4.67. The van der Waals surface area contributed by atoms with Crippen LogP contribution < -0.4 is 10.2 Å². The van der Waals surface area contributed by atoms with Crippen molar-refractivity contribution in [3.63, 3.8) is 0 Å². The molecule has 1 amide bonds. The van der Waals surface area contributed by atoms with Crippen LogP contribution in [0.4, 0.5) is 10.1 Å². The molecule has 5 rings (SSSR count). The smallest absolute Gasteiger partial charge is 0.222 e. The minimum absolute atomic E-state index is 0. The fraction of sp³-hybridized carbons (Fsp3) is 0.462. The lowest BCUT2D eigenvalue weighted by molar-refractivity contribution is -0.127. The average Bonchev–Trinajstić information content (AvgIpc) is 3.35. The highest BCUT2D eigenvalue weighted by Crippen LogP contribution is 2.48. The van der Waals surface area contributed by atoms with Crippen molar-refractivity contribution in [1.82, 2.24) is 10.2 Å². The number of fused-ring (bicyclic) bond motifs is 1. The second-order valence-electron chi connectivity index (χ2n) is 9.30. The lowest BCUT2D eigenvalue weighted by Gasteiger charge is -2.26. The molecule has 2 aromatic rings. The number of guanidine groups is 1. The summed E-state index contributed by atoms with van der Waals surface area (Å²) in [5.41, 5.74) is 3.15. The van der Waals surface area contributed by atoms with E-state index in [2.05, 4.69) is 39.5 Å². The zero-order valence-electron chi connectivity index (χ0n) is 19.1. The average molecular weight is 562 g/mol. The normalized spacial score (nSPS) is 21.1. The van der Waals surface area contributed by atoms with E-state index >= 15 is 0 Å². The standard InChI is InChI=1S/C26H31FN4O.HI/c1-28-25(29-18-26(13-14-26)21-8-3-4-9-22(21)27)31-17-19(20-7-2-5-10-23(20)31)12-16-30-15-6-11-24(30)32;/h2-5,7-10,19H,6,11-18H2,1H3,(H,28,29);1H. The van der Waals surface area contributed by atoms with E-state index in [1.54, 1.807) is 12.1 Å². The molecule has 7 heteroatoms. The van der Waals surface area contributed by atoms with Crippen molar-refractivity contribution in [2.24, 2.45) is 4.99 Å². The van der Waals surface area contributed by atoms with Gasteiger partial charge in [-0.25, -0.2) is 4.39 Å². The lowest BCUT2D eigenvalue weighted by atomic mass is 9.95. The SMILES string of the molecule is CN=C(NCC1(c2ccccc2F)CC1)N1CC(CCN2CCCC2=O)c2ccccc21.I. The van der Waals surface area contributed by atoms with Gasteiger partial charge in [-0.2, -0.15) is 0 Å². The molecular weight excluding hydrogens is 530 g/mol. The van der Waals surface area contributed by atoms with E-state index in [1.165, 1.54) is 11.3 Å². The molecule has 5 nitrogen and oxygen atoms in total. The first kappa shape index (κ1) is 24.0. The summed E-state index contributed by atoms with van der Waals surface area (Å²) in [6, 6.07) is 15.6. The van der Waals surface area contributed by atoms with Crippen LogP contribution in [0, 0.1) is 5.82 Å². The van der Waals surface area contributed by atoms with E-state index in [0.717, 1.165) is 56.8 Å². The zero-order valence-corrected chi connectivity index (χ0v) is 21.4. The number of hydrogen-bond acceptors (Lipinski definition) is 2. The molecule has 2 fully saturated rings. The maximum atomic E-state index is 14.4. The summed E-state index contributed by atoms with van der Waals surface area (Å²) in [6.45, 7) is 3.21.